The summed E-state index contributed by atoms with van der Waals surface area (Å²) < 4.78 is 1.56. The smallest absolute Gasteiger partial charge is 0.295 e. The van der Waals surface area contributed by atoms with E-state index in [1.165, 1.54) is 18.2 Å². The maximum Gasteiger partial charge on any atom is 0.295 e. The van der Waals surface area contributed by atoms with E-state index in [1.54, 1.807) is 35.0 Å². The number of nitro benzene ring substituents is 1. The van der Waals surface area contributed by atoms with Crippen LogP contribution >= 0.6 is 11.6 Å². The molecule has 31 heavy (non-hydrogen) atoms. The molecule has 154 valence electrons. The molecule has 4 rings (SSSR count). The van der Waals surface area contributed by atoms with Gasteiger partial charge in [-0.15, -0.1) is 5.10 Å². The fraction of sp³-hybridized carbons (Fsp3) is 0.0455. The molecular formula is C22H16ClN5O3. The number of nitrogens with one attached hydrogen (secondary N) is 1. The summed E-state index contributed by atoms with van der Waals surface area (Å²) in [7, 11) is 0. The molecule has 0 bridgehead atoms. The summed E-state index contributed by atoms with van der Waals surface area (Å²) in [5, 5.41) is 18.5. The Kier molecular flexibility index (Phi) is 5.46. The van der Waals surface area contributed by atoms with Crippen LogP contribution in [0, 0.1) is 17.0 Å². The second kappa shape index (κ2) is 8.37. The lowest BCUT2D eigenvalue weighted by Gasteiger charge is -2.06. The molecule has 0 saturated heterocycles. The van der Waals surface area contributed by atoms with Crippen molar-refractivity contribution < 1.29 is 9.72 Å². The topological polar surface area (TPSA) is 103 Å². The van der Waals surface area contributed by atoms with Crippen LogP contribution in [0.15, 0.2) is 72.8 Å². The van der Waals surface area contributed by atoms with Gasteiger partial charge in [0.2, 0.25) is 5.82 Å². The van der Waals surface area contributed by atoms with E-state index >= 15 is 0 Å². The number of nitro groups is 1. The van der Waals surface area contributed by atoms with E-state index < -0.39 is 10.8 Å². The summed E-state index contributed by atoms with van der Waals surface area (Å²) >= 11 is 6.00. The number of benzene rings is 3. The molecule has 0 aliphatic carbocycles. The standard InChI is InChI=1S/C22H16ClN5O3/c1-14-5-7-15(8-6-14)21-25-20(26-27(21)18-11-9-16(23)10-12-18)22(29)24-17-3-2-4-19(13-17)28(30)31/h2-13H,1H3,(H,24,29). The fourth-order valence-corrected chi connectivity index (χ4v) is 3.07. The third-order valence-electron chi connectivity index (χ3n) is 4.51. The zero-order chi connectivity index (χ0) is 22.0. The number of aryl methyl sites for hydroxylation is 1. The summed E-state index contributed by atoms with van der Waals surface area (Å²) in [6.45, 7) is 1.98. The normalized spacial score (nSPS) is 10.6. The highest BCUT2D eigenvalue weighted by atomic mass is 35.5. The number of amides is 1. The number of aromatic nitrogens is 3. The first kappa shape index (κ1) is 20.2. The number of halogens is 1. The van der Waals surface area contributed by atoms with E-state index in [-0.39, 0.29) is 17.2 Å². The van der Waals surface area contributed by atoms with Gasteiger partial charge in [0.15, 0.2) is 5.82 Å². The van der Waals surface area contributed by atoms with Crippen LogP contribution in [0.2, 0.25) is 5.02 Å². The Bertz CT molecular complexity index is 1200. The van der Waals surface area contributed by atoms with Gasteiger partial charge in [-0.05, 0) is 37.3 Å². The molecule has 0 unspecified atom stereocenters. The lowest BCUT2D eigenvalue weighted by Crippen LogP contribution is -2.14. The third-order valence-corrected chi connectivity index (χ3v) is 4.76. The number of hydrogen-bond donors (Lipinski definition) is 1. The van der Waals surface area contributed by atoms with Gasteiger partial charge in [-0.2, -0.15) is 0 Å². The van der Waals surface area contributed by atoms with Crippen LogP contribution in [-0.4, -0.2) is 25.6 Å². The summed E-state index contributed by atoms with van der Waals surface area (Å²) in [5.41, 5.74) is 2.70. The molecule has 9 heteroatoms. The Balaban J connectivity index is 1.73. The summed E-state index contributed by atoms with van der Waals surface area (Å²) in [6.07, 6.45) is 0. The van der Waals surface area contributed by atoms with Crippen LogP contribution < -0.4 is 5.32 Å². The van der Waals surface area contributed by atoms with Crippen LogP contribution in [0.3, 0.4) is 0 Å². The van der Waals surface area contributed by atoms with Crippen molar-refractivity contribution in [1.82, 2.24) is 14.8 Å². The Morgan fingerprint density at radius 1 is 1.06 bits per heavy atom. The van der Waals surface area contributed by atoms with Gasteiger partial charge in [-0.3, -0.25) is 14.9 Å². The molecule has 3 aromatic carbocycles. The van der Waals surface area contributed by atoms with E-state index in [4.69, 9.17) is 11.6 Å². The van der Waals surface area contributed by atoms with Gasteiger partial charge in [0.1, 0.15) is 0 Å². The molecule has 1 amide bonds. The lowest BCUT2D eigenvalue weighted by atomic mass is 10.1. The number of anilines is 1. The van der Waals surface area contributed by atoms with Gasteiger partial charge in [0.05, 0.1) is 10.6 Å². The zero-order valence-electron chi connectivity index (χ0n) is 16.3. The largest absolute Gasteiger partial charge is 0.319 e. The molecule has 0 saturated carbocycles. The summed E-state index contributed by atoms with van der Waals surface area (Å²) in [6, 6.07) is 20.3. The number of carbonyl (C=O) groups is 1. The summed E-state index contributed by atoms with van der Waals surface area (Å²) in [4.78, 5) is 27.7. The highest BCUT2D eigenvalue weighted by Crippen LogP contribution is 2.24. The second-order valence-electron chi connectivity index (χ2n) is 6.77. The minimum Gasteiger partial charge on any atom is -0.319 e. The number of rotatable bonds is 5. The monoisotopic (exact) mass is 433 g/mol. The first-order valence-electron chi connectivity index (χ1n) is 9.26. The van der Waals surface area contributed by atoms with Crippen LogP contribution in [-0.2, 0) is 0 Å². The van der Waals surface area contributed by atoms with Crippen LogP contribution in [0.4, 0.5) is 11.4 Å². The number of non-ortho nitro benzene ring substituents is 1. The average Bonchev–Trinajstić information content (AvgIpc) is 3.20. The highest BCUT2D eigenvalue weighted by Gasteiger charge is 2.19. The Hall–Kier alpha value is -4.04. The molecule has 1 heterocycles. The van der Waals surface area contributed by atoms with Crippen molar-refractivity contribution in [3.8, 4) is 17.1 Å². The molecule has 0 aliphatic rings. The fourth-order valence-electron chi connectivity index (χ4n) is 2.94. The molecule has 0 aliphatic heterocycles. The molecular weight excluding hydrogens is 418 g/mol. The highest BCUT2D eigenvalue weighted by molar-refractivity contribution is 6.30. The molecule has 1 N–H and O–H groups in total. The Morgan fingerprint density at radius 3 is 2.45 bits per heavy atom. The maximum absolute atomic E-state index is 12.8. The lowest BCUT2D eigenvalue weighted by molar-refractivity contribution is -0.384. The molecule has 0 fully saturated rings. The minimum absolute atomic E-state index is 0.0722. The van der Waals surface area contributed by atoms with Crippen molar-refractivity contribution in [3.63, 3.8) is 0 Å². The predicted octanol–water partition coefficient (Wildman–Crippen LogP) is 5.06. The van der Waals surface area contributed by atoms with E-state index in [0.29, 0.717) is 16.5 Å². The Morgan fingerprint density at radius 2 is 1.77 bits per heavy atom. The van der Waals surface area contributed by atoms with Crippen LogP contribution in [0.1, 0.15) is 16.2 Å². The molecule has 1 aromatic heterocycles. The van der Waals surface area contributed by atoms with Gasteiger partial charge in [-0.1, -0.05) is 47.5 Å². The number of hydrogen-bond acceptors (Lipinski definition) is 5. The van der Waals surface area contributed by atoms with E-state index in [0.717, 1.165) is 11.1 Å². The van der Waals surface area contributed by atoms with Crippen molar-refractivity contribution in [1.29, 1.82) is 0 Å². The van der Waals surface area contributed by atoms with Crippen molar-refractivity contribution >= 4 is 28.9 Å². The van der Waals surface area contributed by atoms with Gasteiger partial charge in [0, 0.05) is 28.4 Å². The van der Waals surface area contributed by atoms with Crippen molar-refractivity contribution in [2.75, 3.05) is 5.32 Å². The molecule has 4 aromatic rings. The van der Waals surface area contributed by atoms with E-state index in [1.807, 2.05) is 31.2 Å². The first-order valence-corrected chi connectivity index (χ1v) is 9.64. The minimum atomic E-state index is -0.582. The zero-order valence-corrected chi connectivity index (χ0v) is 17.1. The van der Waals surface area contributed by atoms with E-state index in [2.05, 4.69) is 15.4 Å². The maximum atomic E-state index is 12.8. The molecule has 8 nitrogen and oxygen atoms in total. The Labute approximate surface area is 182 Å². The first-order chi connectivity index (χ1) is 14.9. The van der Waals surface area contributed by atoms with Crippen molar-refractivity contribution in [2.24, 2.45) is 0 Å². The van der Waals surface area contributed by atoms with Crippen molar-refractivity contribution in [2.45, 2.75) is 6.92 Å². The molecule has 0 radical (unpaired) electrons. The van der Waals surface area contributed by atoms with Crippen LogP contribution in [0.5, 0.6) is 0 Å². The van der Waals surface area contributed by atoms with Gasteiger partial charge in [-0.25, -0.2) is 9.67 Å². The molecule has 0 atom stereocenters. The predicted molar refractivity (Wildman–Crippen MR) is 118 cm³/mol. The quantitative estimate of drug-likeness (QED) is 0.350. The van der Waals surface area contributed by atoms with Crippen molar-refractivity contribution in [3.05, 3.63) is 99.3 Å². The summed E-state index contributed by atoms with van der Waals surface area (Å²) in [5.74, 6) is -0.176. The number of nitrogens with zero attached hydrogens (tertiary/aromatic N) is 4. The third kappa shape index (κ3) is 4.44. The second-order valence-corrected chi connectivity index (χ2v) is 7.21. The molecule has 0 spiro atoms. The van der Waals surface area contributed by atoms with E-state index in [9.17, 15) is 14.9 Å². The van der Waals surface area contributed by atoms with Gasteiger partial charge < -0.3 is 5.32 Å². The van der Waals surface area contributed by atoms with Crippen LogP contribution in [0.25, 0.3) is 17.1 Å². The average molecular weight is 434 g/mol. The van der Waals surface area contributed by atoms with Gasteiger partial charge >= 0.3 is 0 Å². The number of carbonyl (C=O) groups excluding carboxylic acids is 1. The SMILES string of the molecule is Cc1ccc(-c2nc(C(=O)Nc3cccc([N+](=O)[O-])c3)nn2-c2ccc(Cl)cc2)cc1. The van der Waals surface area contributed by atoms with Gasteiger partial charge in [0.25, 0.3) is 11.6 Å².